The Morgan fingerprint density at radius 1 is 1.44 bits per heavy atom. The van der Waals surface area contributed by atoms with Gasteiger partial charge in [0.15, 0.2) is 12.0 Å². The lowest BCUT2D eigenvalue weighted by Gasteiger charge is -2.02. The van der Waals surface area contributed by atoms with Crippen LogP contribution in [0.15, 0.2) is 33.2 Å². The van der Waals surface area contributed by atoms with Gasteiger partial charge in [-0.2, -0.15) is 0 Å². The summed E-state index contributed by atoms with van der Waals surface area (Å²) in [5, 5.41) is 2.42. The van der Waals surface area contributed by atoms with E-state index in [4.69, 9.17) is 4.42 Å². The number of nitrogens with zero attached hydrogens (tertiary/aromatic N) is 1. The molecule has 1 N–H and O–H groups in total. The van der Waals surface area contributed by atoms with Gasteiger partial charge in [0.25, 0.3) is 10.0 Å². The van der Waals surface area contributed by atoms with Crippen molar-refractivity contribution in [2.24, 2.45) is 0 Å². The van der Waals surface area contributed by atoms with Crippen LogP contribution in [0, 0.1) is 0 Å². The van der Waals surface area contributed by atoms with Gasteiger partial charge in [0.1, 0.15) is 0 Å². The quantitative estimate of drug-likeness (QED) is 0.802. The van der Waals surface area contributed by atoms with Crippen molar-refractivity contribution in [1.29, 1.82) is 0 Å². The average molecular weight is 286 g/mol. The predicted molar refractivity (Wildman–Crippen MR) is 65.1 cm³/mol. The molecule has 96 valence electrons. The smallest absolute Gasteiger partial charge is 0.273 e. The standard InChI is InChI=1S/C10H10N2O4S2/c13-7-8-1-2-10(16-8)18(14,15)12-4-3-9-11-5-6-17-9/h1-2,5-7,12H,3-4H2. The number of furan rings is 1. The Morgan fingerprint density at radius 2 is 2.28 bits per heavy atom. The van der Waals surface area contributed by atoms with E-state index in [1.165, 1.54) is 23.5 Å². The average Bonchev–Trinajstić information content (AvgIpc) is 2.99. The van der Waals surface area contributed by atoms with Crippen molar-refractivity contribution in [2.45, 2.75) is 11.5 Å². The number of carbonyl (C=O) groups is 1. The minimum atomic E-state index is -3.70. The Hall–Kier alpha value is -1.51. The van der Waals surface area contributed by atoms with Gasteiger partial charge in [0, 0.05) is 24.5 Å². The zero-order valence-electron chi connectivity index (χ0n) is 9.20. The maximum Gasteiger partial charge on any atom is 0.273 e. The Morgan fingerprint density at radius 3 is 2.89 bits per heavy atom. The molecule has 0 spiro atoms. The second-order valence-electron chi connectivity index (χ2n) is 3.35. The Labute approximate surface area is 108 Å². The van der Waals surface area contributed by atoms with E-state index in [0.717, 1.165) is 5.01 Å². The molecule has 8 heteroatoms. The molecule has 2 aromatic heterocycles. The first kappa shape index (κ1) is 12.9. The number of hydrogen-bond acceptors (Lipinski definition) is 6. The summed E-state index contributed by atoms with van der Waals surface area (Å²) in [5.41, 5.74) is 0. The number of aromatic nitrogens is 1. The van der Waals surface area contributed by atoms with E-state index in [-0.39, 0.29) is 17.4 Å². The molecule has 0 radical (unpaired) electrons. The van der Waals surface area contributed by atoms with E-state index < -0.39 is 10.0 Å². The van der Waals surface area contributed by atoms with Gasteiger partial charge in [-0.15, -0.1) is 11.3 Å². The number of hydrogen-bond donors (Lipinski definition) is 1. The number of thiazole rings is 1. The van der Waals surface area contributed by atoms with Gasteiger partial charge >= 0.3 is 0 Å². The fraction of sp³-hybridized carbons (Fsp3) is 0.200. The largest absolute Gasteiger partial charge is 0.440 e. The van der Waals surface area contributed by atoms with Crippen LogP contribution in [0.3, 0.4) is 0 Å². The normalized spacial score (nSPS) is 11.6. The molecule has 0 aromatic carbocycles. The molecule has 18 heavy (non-hydrogen) atoms. The van der Waals surface area contributed by atoms with Gasteiger partial charge in [-0.1, -0.05) is 0 Å². The van der Waals surface area contributed by atoms with Crippen molar-refractivity contribution in [3.05, 3.63) is 34.5 Å². The lowest BCUT2D eigenvalue weighted by Crippen LogP contribution is -2.25. The van der Waals surface area contributed by atoms with E-state index in [9.17, 15) is 13.2 Å². The summed E-state index contributed by atoms with van der Waals surface area (Å²) in [4.78, 5) is 14.4. The summed E-state index contributed by atoms with van der Waals surface area (Å²) in [5.74, 6) is -0.0182. The molecule has 0 aliphatic heterocycles. The van der Waals surface area contributed by atoms with Gasteiger partial charge in [-0.05, 0) is 12.1 Å². The molecule has 2 rings (SSSR count). The number of aldehydes is 1. The van der Waals surface area contributed by atoms with Crippen LogP contribution in [-0.2, 0) is 16.4 Å². The van der Waals surface area contributed by atoms with Crippen molar-refractivity contribution in [1.82, 2.24) is 9.71 Å². The summed E-state index contributed by atoms with van der Waals surface area (Å²) >= 11 is 1.46. The van der Waals surface area contributed by atoms with Crippen molar-refractivity contribution in [3.63, 3.8) is 0 Å². The first-order valence-corrected chi connectivity index (χ1v) is 7.41. The van der Waals surface area contributed by atoms with Crippen LogP contribution in [0.4, 0.5) is 0 Å². The van der Waals surface area contributed by atoms with E-state index in [1.807, 2.05) is 5.38 Å². The van der Waals surface area contributed by atoms with Crippen LogP contribution < -0.4 is 4.72 Å². The zero-order chi connectivity index (χ0) is 13.0. The molecular formula is C10H10N2O4S2. The van der Waals surface area contributed by atoms with E-state index >= 15 is 0 Å². The summed E-state index contributed by atoms with van der Waals surface area (Å²) in [6.07, 6.45) is 2.63. The van der Waals surface area contributed by atoms with Crippen molar-refractivity contribution < 1.29 is 17.6 Å². The van der Waals surface area contributed by atoms with E-state index in [0.29, 0.717) is 12.7 Å². The first-order chi connectivity index (χ1) is 8.62. The highest BCUT2D eigenvalue weighted by molar-refractivity contribution is 7.89. The topological polar surface area (TPSA) is 89.3 Å². The summed E-state index contributed by atoms with van der Waals surface area (Å²) < 4.78 is 30.7. The third kappa shape index (κ3) is 3.03. The third-order valence-corrected chi connectivity index (χ3v) is 4.27. The van der Waals surface area contributed by atoms with Crippen molar-refractivity contribution in [2.75, 3.05) is 6.54 Å². The summed E-state index contributed by atoms with van der Waals surface area (Å²) in [7, 11) is -3.70. The Balaban J connectivity index is 1.97. The molecule has 0 aliphatic carbocycles. The van der Waals surface area contributed by atoms with Gasteiger partial charge in [0.05, 0.1) is 5.01 Å². The molecule has 0 bridgehead atoms. The molecule has 6 nitrogen and oxygen atoms in total. The third-order valence-electron chi connectivity index (χ3n) is 2.10. The molecule has 2 heterocycles. The predicted octanol–water partition coefficient (Wildman–Crippen LogP) is 1.07. The first-order valence-electron chi connectivity index (χ1n) is 5.05. The molecule has 0 amide bonds. The minimum Gasteiger partial charge on any atom is -0.440 e. The maximum atomic E-state index is 11.8. The summed E-state index contributed by atoms with van der Waals surface area (Å²) in [6.45, 7) is 0.229. The van der Waals surface area contributed by atoms with Gasteiger partial charge < -0.3 is 4.42 Å². The van der Waals surface area contributed by atoms with Crippen LogP contribution in [0.1, 0.15) is 15.6 Å². The van der Waals surface area contributed by atoms with Crippen LogP contribution in [0.25, 0.3) is 0 Å². The fourth-order valence-electron chi connectivity index (χ4n) is 1.28. The lowest BCUT2D eigenvalue weighted by atomic mass is 10.5. The highest BCUT2D eigenvalue weighted by Gasteiger charge is 2.18. The number of rotatable bonds is 6. The minimum absolute atomic E-state index is 0.0182. The van der Waals surface area contributed by atoms with Crippen LogP contribution >= 0.6 is 11.3 Å². The Bertz CT molecular complexity index is 616. The second kappa shape index (κ2) is 5.42. The molecule has 0 unspecified atom stereocenters. The molecule has 2 aromatic rings. The van der Waals surface area contributed by atoms with Crippen molar-refractivity contribution in [3.8, 4) is 0 Å². The molecule has 0 fully saturated rings. The van der Waals surface area contributed by atoms with Crippen LogP contribution in [0.5, 0.6) is 0 Å². The van der Waals surface area contributed by atoms with Gasteiger partial charge in [0.2, 0.25) is 5.09 Å². The highest BCUT2D eigenvalue weighted by Crippen LogP contribution is 2.12. The highest BCUT2D eigenvalue weighted by atomic mass is 32.2. The molecular weight excluding hydrogens is 276 g/mol. The van der Waals surface area contributed by atoms with E-state index in [2.05, 4.69) is 9.71 Å². The summed E-state index contributed by atoms with van der Waals surface area (Å²) in [6, 6.07) is 2.55. The van der Waals surface area contributed by atoms with Crippen LogP contribution in [-0.4, -0.2) is 26.2 Å². The molecule has 0 saturated carbocycles. The number of sulfonamides is 1. The molecule has 0 atom stereocenters. The van der Waals surface area contributed by atoms with Crippen molar-refractivity contribution >= 4 is 27.6 Å². The lowest BCUT2D eigenvalue weighted by molar-refractivity contribution is 0.109. The SMILES string of the molecule is O=Cc1ccc(S(=O)(=O)NCCc2nccs2)o1. The van der Waals surface area contributed by atoms with Crippen LogP contribution in [0.2, 0.25) is 0 Å². The van der Waals surface area contributed by atoms with Gasteiger partial charge in [-0.25, -0.2) is 18.1 Å². The number of carbonyl (C=O) groups excluding carboxylic acids is 1. The fourth-order valence-corrected chi connectivity index (χ4v) is 2.87. The molecule has 0 aliphatic rings. The molecule has 0 saturated heterocycles. The monoisotopic (exact) mass is 286 g/mol. The van der Waals surface area contributed by atoms with Gasteiger partial charge in [-0.3, -0.25) is 4.79 Å². The van der Waals surface area contributed by atoms with E-state index in [1.54, 1.807) is 6.20 Å². The number of nitrogens with one attached hydrogen (secondary N) is 1. The zero-order valence-corrected chi connectivity index (χ0v) is 10.8. The Kier molecular flexibility index (Phi) is 3.90. The maximum absolute atomic E-state index is 11.8. The second-order valence-corrected chi connectivity index (χ2v) is 6.03.